The van der Waals surface area contributed by atoms with E-state index in [4.69, 9.17) is 4.74 Å². The highest BCUT2D eigenvalue weighted by Crippen LogP contribution is 2.12. The van der Waals surface area contributed by atoms with Crippen LogP contribution < -0.4 is 5.32 Å². The van der Waals surface area contributed by atoms with Gasteiger partial charge in [-0.05, 0) is 13.8 Å². The Morgan fingerprint density at radius 2 is 2.24 bits per heavy atom. The van der Waals surface area contributed by atoms with Crippen molar-refractivity contribution in [1.29, 1.82) is 0 Å². The molecule has 0 saturated carbocycles. The van der Waals surface area contributed by atoms with Crippen molar-refractivity contribution in [2.24, 2.45) is 0 Å². The highest BCUT2D eigenvalue weighted by Gasteiger charge is 2.22. The van der Waals surface area contributed by atoms with E-state index in [1.807, 2.05) is 18.7 Å². The topological polar surface area (TPSA) is 67.4 Å². The van der Waals surface area contributed by atoms with Gasteiger partial charge in [0.1, 0.15) is 11.9 Å². The average Bonchev–Trinajstić information content (AvgIpc) is 2.75. The average molecular weight is 256 g/mol. The molecule has 1 N–H and O–H groups in total. The third-order valence-electron chi connectivity index (χ3n) is 2.56. The summed E-state index contributed by atoms with van der Waals surface area (Å²) < 4.78 is 9.28. The van der Waals surface area contributed by atoms with Gasteiger partial charge in [-0.25, -0.2) is 4.98 Å². The lowest BCUT2D eigenvalue weighted by Gasteiger charge is -2.29. The van der Waals surface area contributed by atoms with Crippen molar-refractivity contribution in [1.82, 2.24) is 14.3 Å². The number of nitrogens with one attached hydrogen (secondary N) is 1. The standard InChI is InChI=1S/C10H16N4O2S/c1-7(11-10-12-8(2)13-17-10)9(15)14-3-5-16-6-4-14/h7H,3-6H2,1-2H3,(H,11,12,13). The van der Waals surface area contributed by atoms with E-state index in [0.29, 0.717) is 31.4 Å². The second-order valence-corrected chi connectivity index (χ2v) is 4.70. The molecule has 1 aliphatic rings. The second-order valence-electron chi connectivity index (χ2n) is 3.95. The van der Waals surface area contributed by atoms with Crippen LogP contribution in [-0.2, 0) is 9.53 Å². The number of ether oxygens (including phenoxy) is 1. The van der Waals surface area contributed by atoms with E-state index >= 15 is 0 Å². The Hall–Kier alpha value is -1.21. The maximum absolute atomic E-state index is 12.1. The Balaban J connectivity index is 1.90. The summed E-state index contributed by atoms with van der Waals surface area (Å²) in [5.74, 6) is 0.810. The molecule has 1 aromatic rings. The third kappa shape index (κ3) is 3.13. The summed E-state index contributed by atoms with van der Waals surface area (Å²) in [6.45, 7) is 6.25. The minimum atomic E-state index is -0.277. The van der Waals surface area contributed by atoms with Gasteiger partial charge in [0, 0.05) is 24.6 Å². The molecule has 94 valence electrons. The monoisotopic (exact) mass is 256 g/mol. The van der Waals surface area contributed by atoms with E-state index in [2.05, 4.69) is 14.7 Å². The summed E-state index contributed by atoms with van der Waals surface area (Å²) in [5, 5.41) is 3.76. The Bertz CT molecular complexity index is 389. The second kappa shape index (κ2) is 5.42. The molecule has 0 aliphatic carbocycles. The van der Waals surface area contributed by atoms with Crippen molar-refractivity contribution in [3.8, 4) is 0 Å². The van der Waals surface area contributed by atoms with E-state index in [1.54, 1.807) is 0 Å². The normalized spacial score (nSPS) is 17.9. The Labute approximate surface area is 104 Å². The minimum absolute atomic E-state index is 0.0844. The van der Waals surface area contributed by atoms with Crippen LogP contribution >= 0.6 is 11.5 Å². The highest BCUT2D eigenvalue weighted by atomic mass is 32.1. The molecule has 0 aromatic carbocycles. The number of hydrogen-bond acceptors (Lipinski definition) is 6. The zero-order chi connectivity index (χ0) is 12.3. The number of morpholine rings is 1. The van der Waals surface area contributed by atoms with Gasteiger partial charge in [-0.1, -0.05) is 0 Å². The fourth-order valence-electron chi connectivity index (χ4n) is 1.66. The van der Waals surface area contributed by atoms with Crippen LogP contribution in [-0.4, -0.2) is 52.5 Å². The van der Waals surface area contributed by atoms with Crippen LogP contribution in [0.4, 0.5) is 5.13 Å². The van der Waals surface area contributed by atoms with Crippen LogP contribution in [0.2, 0.25) is 0 Å². The number of aryl methyl sites for hydroxylation is 1. The van der Waals surface area contributed by atoms with Gasteiger partial charge in [0.05, 0.1) is 13.2 Å². The fraction of sp³-hybridized carbons (Fsp3) is 0.700. The van der Waals surface area contributed by atoms with E-state index in [9.17, 15) is 4.79 Å². The maximum Gasteiger partial charge on any atom is 0.244 e. The summed E-state index contributed by atoms with van der Waals surface area (Å²) >= 11 is 1.27. The van der Waals surface area contributed by atoms with Crippen molar-refractivity contribution in [3.05, 3.63) is 5.82 Å². The first-order valence-corrected chi connectivity index (χ1v) is 6.37. The van der Waals surface area contributed by atoms with Crippen LogP contribution in [0.25, 0.3) is 0 Å². The first kappa shape index (κ1) is 12.3. The van der Waals surface area contributed by atoms with E-state index < -0.39 is 0 Å². The number of amides is 1. The van der Waals surface area contributed by atoms with Crippen LogP contribution in [0.3, 0.4) is 0 Å². The molecule has 17 heavy (non-hydrogen) atoms. The molecule has 1 unspecified atom stereocenters. The van der Waals surface area contributed by atoms with Gasteiger partial charge in [0.2, 0.25) is 11.0 Å². The quantitative estimate of drug-likeness (QED) is 0.853. The maximum atomic E-state index is 12.1. The van der Waals surface area contributed by atoms with Gasteiger partial charge in [-0.15, -0.1) is 0 Å². The zero-order valence-electron chi connectivity index (χ0n) is 9.97. The number of aromatic nitrogens is 2. The van der Waals surface area contributed by atoms with Crippen LogP contribution in [0.1, 0.15) is 12.7 Å². The van der Waals surface area contributed by atoms with Gasteiger partial charge in [0.25, 0.3) is 0 Å². The number of carbonyl (C=O) groups is 1. The van der Waals surface area contributed by atoms with Gasteiger partial charge >= 0.3 is 0 Å². The lowest BCUT2D eigenvalue weighted by atomic mass is 10.2. The summed E-state index contributed by atoms with van der Waals surface area (Å²) in [6.07, 6.45) is 0. The van der Waals surface area contributed by atoms with Crippen molar-refractivity contribution >= 4 is 22.6 Å². The first-order valence-electron chi connectivity index (χ1n) is 5.60. The van der Waals surface area contributed by atoms with Crippen molar-refractivity contribution < 1.29 is 9.53 Å². The molecular formula is C10H16N4O2S. The van der Waals surface area contributed by atoms with Gasteiger partial charge in [-0.3, -0.25) is 4.79 Å². The lowest BCUT2D eigenvalue weighted by Crippen LogP contribution is -2.46. The molecule has 1 aliphatic heterocycles. The van der Waals surface area contributed by atoms with E-state index in [1.165, 1.54) is 11.5 Å². The predicted octanol–water partition coefficient (Wildman–Crippen LogP) is 0.506. The molecule has 1 atom stereocenters. The summed E-state index contributed by atoms with van der Waals surface area (Å²) in [6, 6.07) is -0.277. The van der Waals surface area contributed by atoms with Crippen molar-refractivity contribution in [3.63, 3.8) is 0 Å². The van der Waals surface area contributed by atoms with Gasteiger partial charge < -0.3 is 15.0 Å². The Kier molecular flexibility index (Phi) is 3.90. The number of hydrogen-bond donors (Lipinski definition) is 1. The summed E-state index contributed by atoms with van der Waals surface area (Å²) in [4.78, 5) is 18.1. The van der Waals surface area contributed by atoms with E-state index in [0.717, 1.165) is 5.82 Å². The zero-order valence-corrected chi connectivity index (χ0v) is 10.8. The Morgan fingerprint density at radius 3 is 2.82 bits per heavy atom. The molecule has 1 fully saturated rings. The molecule has 1 amide bonds. The molecule has 1 aromatic heterocycles. The third-order valence-corrected chi connectivity index (χ3v) is 3.30. The molecular weight excluding hydrogens is 240 g/mol. The molecule has 2 rings (SSSR count). The van der Waals surface area contributed by atoms with Crippen LogP contribution in [0, 0.1) is 6.92 Å². The summed E-state index contributed by atoms with van der Waals surface area (Å²) in [7, 11) is 0. The SMILES string of the molecule is Cc1nsc(NC(C)C(=O)N2CCOCC2)n1. The number of carbonyl (C=O) groups excluding carboxylic acids is 1. The fourth-order valence-corrected chi connectivity index (χ4v) is 2.32. The minimum Gasteiger partial charge on any atom is -0.378 e. The van der Waals surface area contributed by atoms with Crippen molar-refractivity contribution in [2.75, 3.05) is 31.6 Å². The molecule has 6 nitrogen and oxygen atoms in total. The summed E-state index contributed by atoms with van der Waals surface area (Å²) in [5.41, 5.74) is 0. The number of nitrogens with zero attached hydrogens (tertiary/aromatic N) is 3. The number of anilines is 1. The molecule has 0 bridgehead atoms. The predicted molar refractivity (Wildman–Crippen MR) is 65.1 cm³/mol. The lowest BCUT2D eigenvalue weighted by molar-refractivity contribution is -0.135. The smallest absolute Gasteiger partial charge is 0.244 e. The Morgan fingerprint density at radius 1 is 1.53 bits per heavy atom. The molecule has 0 spiro atoms. The molecule has 7 heteroatoms. The highest BCUT2D eigenvalue weighted by molar-refractivity contribution is 7.09. The van der Waals surface area contributed by atoms with Gasteiger partial charge in [-0.2, -0.15) is 4.37 Å². The largest absolute Gasteiger partial charge is 0.378 e. The van der Waals surface area contributed by atoms with Gasteiger partial charge in [0.15, 0.2) is 0 Å². The van der Waals surface area contributed by atoms with Crippen LogP contribution in [0.15, 0.2) is 0 Å². The first-order chi connectivity index (χ1) is 8.16. The van der Waals surface area contributed by atoms with E-state index in [-0.39, 0.29) is 11.9 Å². The van der Waals surface area contributed by atoms with Crippen molar-refractivity contribution in [2.45, 2.75) is 19.9 Å². The van der Waals surface area contributed by atoms with Crippen LogP contribution in [0.5, 0.6) is 0 Å². The molecule has 1 saturated heterocycles. The molecule has 0 radical (unpaired) electrons. The molecule has 2 heterocycles. The number of rotatable bonds is 3.